The van der Waals surface area contributed by atoms with Gasteiger partial charge in [0.2, 0.25) is 0 Å². The van der Waals surface area contributed by atoms with Crippen LogP contribution in [0.25, 0.3) is 10.9 Å². The highest BCUT2D eigenvalue weighted by Crippen LogP contribution is 2.40. The van der Waals surface area contributed by atoms with Gasteiger partial charge in [-0.05, 0) is 25.0 Å². The van der Waals surface area contributed by atoms with Crippen molar-refractivity contribution in [2.24, 2.45) is 11.1 Å². The highest BCUT2D eigenvalue weighted by Gasteiger charge is 2.40. The smallest absolute Gasteiger partial charge is 0.172 e. The normalized spacial score (nSPS) is 17.7. The van der Waals surface area contributed by atoms with Crippen LogP contribution in [0, 0.1) is 5.41 Å². The Kier molecular flexibility index (Phi) is 3.07. The number of fused-ring (bicyclic) bond motifs is 1. The molecule has 3 nitrogen and oxygen atoms in total. The lowest BCUT2D eigenvalue weighted by molar-refractivity contribution is 0.0811. The average molecular weight is 254 g/mol. The lowest BCUT2D eigenvalue weighted by Gasteiger charge is -2.25. The van der Waals surface area contributed by atoms with E-state index in [1.165, 1.54) is 0 Å². The molecule has 0 unspecified atom stereocenters. The largest absolute Gasteiger partial charge is 0.329 e. The van der Waals surface area contributed by atoms with E-state index < -0.39 is 0 Å². The lowest BCUT2D eigenvalue weighted by atomic mass is 9.78. The summed E-state index contributed by atoms with van der Waals surface area (Å²) in [5, 5.41) is 1.01. The molecule has 1 aromatic carbocycles. The number of carbonyl (C=O) groups is 1. The summed E-state index contributed by atoms with van der Waals surface area (Å²) in [4.78, 5) is 17.3. The van der Waals surface area contributed by atoms with E-state index in [1.807, 2.05) is 30.3 Å². The van der Waals surface area contributed by atoms with Gasteiger partial charge in [-0.3, -0.25) is 9.78 Å². The summed E-state index contributed by atoms with van der Waals surface area (Å²) < 4.78 is 0. The quantitative estimate of drug-likeness (QED) is 0.857. The number of para-hydroxylation sites is 1. The molecule has 98 valence electrons. The Hall–Kier alpha value is -1.74. The first-order valence-electron chi connectivity index (χ1n) is 6.85. The van der Waals surface area contributed by atoms with Gasteiger partial charge >= 0.3 is 0 Å². The number of ketones is 1. The van der Waals surface area contributed by atoms with Gasteiger partial charge in [0.05, 0.1) is 5.52 Å². The van der Waals surface area contributed by atoms with E-state index in [0.717, 1.165) is 42.1 Å². The van der Waals surface area contributed by atoms with Crippen molar-refractivity contribution in [2.75, 3.05) is 6.54 Å². The fourth-order valence-corrected chi connectivity index (χ4v) is 3.15. The average Bonchev–Trinajstić information content (AvgIpc) is 2.96. The molecule has 2 aromatic rings. The topological polar surface area (TPSA) is 56.0 Å². The maximum absolute atomic E-state index is 12.9. The predicted molar refractivity (Wildman–Crippen MR) is 76.0 cm³/mol. The third-order valence-corrected chi connectivity index (χ3v) is 4.31. The Labute approximate surface area is 112 Å². The molecule has 1 saturated carbocycles. The Morgan fingerprint density at radius 1 is 1.21 bits per heavy atom. The first-order chi connectivity index (χ1) is 9.27. The number of hydrogen-bond donors (Lipinski definition) is 1. The molecule has 0 radical (unpaired) electrons. The number of aromatic nitrogens is 1. The number of nitrogens with two attached hydrogens (primary N) is 1. The van der Waals surface area contributed by atoms with Crippen LogP contribution in [0.3, 0.4) is 0 Å². The molecule has 3 heteroatoms. The van der Waals surface area contributed by atoms with Gasteiger partial charge < -0.3 is 5.73 Å². The number of nitrogens with zero attached hydrogens (tertiary/aromatic N) is 1. The van der Waals surface area contributed by atoms with E-state index in [2.05, 4.69) is 4.98 Å². The minimum absolute atomic E-state index is 0.178. The van der Waals surface area contributed by atoms with Crippen molar-refractivity contribution < 1.29 is 4.79 Å². The third kappa shape index (κ3) is 1.94. The zero-order chi connectivity index (χ0) is 13.3. The molecule has 0 bridgehead atoms. The van der Waals surface area contributed by atoms with Crippen LogP contribution < -0.4 is 5.73 Å². The number of benzene rings is 1. The molecule has 3 rings (SSSR count). The molecule has 0 atom stereocenters. The maximum atomic E-state index is 12.9. The van der Waals surface area contributed by atoms with E-state index in [9.17, 15) is 4.79 Å². The minimum atomic E-state index is -0.355. The van der Waals surface area contributed by atoms with Crippen molar-refractivity contribution in [3.63, 3.8) is 0 Å². The number of rotatable bonds is 3. The fourth-order valence-electron chi connectivity index (χ4n) is 3.15. The molecule has 1 aliphatic carbocycles. The van der Waals surface area contributed by atoms with Crippen molar-refractivity contribution in [1.82, 2.24) is 4.98 Å². The van der Waals surface area contributed by atoms with E-state index in [0.29, 0.717) is 6.54 Å². The van der Waals surface area contributed by atoms with Crippen LogP contribution in [0.2, 0.25) is 0 Å². The van der Waals surface area contributed by atoms with Crippen LogP contribution in [0.4, 0.5) is 0 Å². The maximum Gasteiger partial charge on any atom is 0.172 e. The summed E-state index contributed by atoms with van der Waals surface area (Å²) in [6.07, 6.45) is 5.75. The van der Waals surface area contributed by atoms with Crippen LogP contribution in [0.15, 0.2) is 36.5 Å². The Morgan fingerprint density at radius 2 is 1.95 bits per heavy atom. The molecular weight excluding hydrogens is 236 g/mol. The van der Waals surface area contributed by atoms with E-state index in [-0.39, 0.29) is 11.2 Å². The Morgan fingerprint density at radius 3 is 2.68 bits per heavy atom. The highest BCUT2D eigenvalue weighted by atomic mass is 16.1. The highest BCUT2D eigenvalue weighted by molar-refractivity contribution is 6.09. The van der Waals surface area contributed by atoms with Gasteiger partial charge in [-0.1, -0.05) is 31.0 Å². The zero-order valence-electron chi connectivity index (χ0n) is 10.9. The molecule has 0 spiro atoms. The summed E-state index contributed by atoms with van der Waals surface area (Å²) in [6, 6.07) is 9.68. The van der Waals surface area contributed by atoms with Gasteiger partial charge in [0.25, 0.3) is 0 Å². The van der Waals surface area contributed by atoms with Gasteiger partial charge in [-0.15, -0.1) is 0 Å². The molecule has 0 saturated heterocycles. The molecule has 1 aliphatic rings. The van der Waals surface area contributed by atoms with Crippen molar-refractivity contribution in [2.45, 2.75) is 25.7 Å². The zero-order valence-corrected chi connectivity index (χ0v) is 10.9. The first-order valence-corrected chi connectivity index (χ1v) is 6.85. The molecule has 1 aromatic heterocycles. The van der Waals surface area contributed by atoms with Gasteiger partial charge in [-0.25, -0.2) is 0 Å². The number of carbonyl (C=O) groups excluding carboxylic acids is 1. The Bertz CT molecular complexity index is 610. The van der Waals surface area contributed by atoms with E-state index in [1.54, 1.807) is 6.20 Å². The van der Waals surface area contributed by atoms with Crippen LogP contribution in [-0.4, -0.2) is 17.3 Å². The minimum Gasteiger partial charge on any atom is -0.329 e. The number of hydrogen-bond acceptors (Lipinski definition) is 3. The van der Waals surface area contributed by atoms with Crippen LogP contribution in [0.5, 0.6) is 0 Å². The second kappa shape index (κ2) is 4.74. The third-order valence-electron chi connectivity index (χ3n) is 4.31. The van der Waals surface area contributed by atoms with Crippen molar-refractivity contribution in [3.05, 3.63) is 42.1 Å². The SMILES string of the molecule is NCC1(C(=O)c2cccc3cccnc23)CCCC1. The van der Waals surface area contributed by atoms with Gasteiger partial charge in [0.15, 0.2) is 5.78 Å². The van der Waals surface area contributed by atoms with Crippen molar-refractivity contribution in [3.8, 4) is 0 Å². The van der Waals surface area contributed by atoms with Crippen molar-refractivity contribution >= 4 is 16.7 Å². The van der Waals surface area contributed by atoms with Crippen LogP contribution >= 0.6 is 0 Å². The summed E-state index contributed by atoms with van der Waals surface area (Å²) in [7, 11) is 0. The Balaban J connectivity index is 2.11. The monoisotopic (exact) mass is 254 g/mol. The molecular formula is C16H18N2O. The molecule has 1 heterocycles. The van der Waals surface area contributed by atoms with Crippen molar-refractivity contribution in [1.29, 1.82) is 0 Å². The predicted octanol–water partition coefficient (Wildman–Crippen LogP) is 2.94. The number of Topliss-reactive ketones (excluding diaryl/α,β-unsaturated/α-hetero) is 1. The van der Waals surface area contributed by atoms with Gasteiger partial charge in [0.1, 0.15) is 0 Å². The molecule has 19 heavy (non-hydrogen) atoms. The summed E-state index contributed by atoms with van der Waals surface area (Å²) in [5.41, 5.74) is 7.08. The summed E-state index contributed by atoms with van der Waals surface area (Å²) in [6.45, 7) is 0.440. The van der Waals surface area contributed by atoms with Gasteiger partial charge in [-0.2, -0.15) is 0 Å². The van der Waals surface area contributed by atoms with Gasteiger partial charge in [0, 0.05) is 29.1 Å². The fraction of sp³-hybridized carbons (Fsp3) is 0.375. The second-order valence-corrected chi connectivity index (χ2v) is 5.40. The molecule has 2 N–H and O–H groups in total. The second-order valence-electron chi connectivity index (χ2n) is 5.40. The first kappa shape index (κ1) is 12.3. The van der Waals surface area contributed by atoms with E-state index >= 15 is 0 Å². The molecule has 0 aliphatic heterocycles. The number of pyridine rings is 1. The summed E-state index contributed by atoms with van der Waals surface area (Å²) in [5.74, 6) is 0.178. The summed E-state index contributed by atoms with van der Waals surface area (Å²) >= 11 is 0. The van der Waals surface area contributed by atoms with Crippen LogP contribution in [-0.2, 0) is 0 Å². The standard InChI is InChI=1S/C16H18N2O/c17-11-16(8-1-2-9-16)15(19)13-7-3-5-12-6-4-10-18-14(12)13/h3-7,10H,1-2,8-9,11,17H2. The van der Waals surface area contributed by atoms with E-state index in [4.69, 9.17) is 5.73 Å². The van der Waals surface area contributed by atoms with Crippen LogP contribution in [0.1, 0.15) is 36.0 Å². The molecule has 1 fully saturated rings. The molecule has 0 amide bonds. The lowest BCUT2D eigenvalue weighted by Crippen LogP contribution is -2.36.